The van der Waals surface area contributed by atoms with Gasteiger partial charge in [0, 0.05) is 24.0 Å². The fourth-order valence-corrected chi connectivity index (χ4v) is 4.06. The normalized spacial score (nSPS) is 14.6. The number of carbonyl (C=O) groups is 1. The Balaban J connectivity index is 1.73. The number of anilines is 1. The predicted molar refractivity (Wildman–Crippen MR) is 114 cm³/mol. The number of benzene rings is 1. The van der Waals surface area contributed by atoms with E-state index in [2.05, 4.69) is 10.3 Å². The molecule has 1 saturated carbocycles. The lowest BCUT2D eigenvalue weighted by atomic mass is 9.95. The Bertz CT molecular complexity index is 1190. The van der Waals surface area contributed by atoms with Gasteiger partial charge in [0.05, 0.1) is 12.5 Å². The minimum Gasteiger partial charge on any atom is -0.497 e. The van der Waals surface area contributed by atoms with Crippen LogP contribution in [0.1, 0.15) is 38.1 Å². The minimum atomic E-state index is -0.487. The van der Waals surface area contributed by atoms with E-state index in [0.717, 1.165) is 32.1 Å². The summed E-state index contributed by atoms with van der Waals surface area (Å²) in [5.41, 5.74) is -0.0380. The van der Waals surface area contributed by atoms with E-state index in [1.54, 1.807) is 43.5 Å². The highest BCUT2D eigenvalue weighted by Crippen LogP contribution is 2.26. The first kappa shape index (κ1) is 19.9. The molecule has 8 nitrogen and oxygen atoms in total. The lowest BCUT2D eigenvalue weighted by Gasteiger charge is -2.24. The van der Waals surface area contributed by atoms with E-state index in [4.69, 9.17) is 4.74 Å². The molecule has 156 valence electrons. The molecule has 0 bridgehead atoms. The number of hydrogen-bond donors (Lipinski definition) is 1. The van der Waals surface area contributed by atoms with Crippen LogP contribution in [-0.2, 0) is 11.3 Å². The van der Waals surface area contributed by atoms with Gasteiger partial charge in [0.15, 0.2) is 0 Å². The lowest BCUT2D eigenvalue weighted by molar-refractivity contribution is -0.116. The fourth-order valence-electron chi connectivity index (χ4n) is 4.06. The molecular weight excluding hydrogens is 384 g/mol. The van der Waals surface area contributed by atoms with E-state index in [0.29, 0.717) is 16.8 Å². The Morgan fingerprint density at radius 3 is 2.73 bits per heavy atom. The van der Waals surface area contributed by atoms with Crippen molar-refractivity contribution in [2.75, 3.05) is 12.4 Å². The van der Waals surface area contributed by atoms with E-state index in [1.807, 2.05) is 0 Å². The molecule has 1 aromatic carbocycles. The van der Waals surface area contributed by atoms with Crippen LogP contribution < -0.4 is 21.3 Å². The summed E-state index contributed by atoms with van der Waals surface area (Å²) in [5.74, 6) is 0.231. The van der Waals surface area contributed by atoms with Gasteiger partial charge in [-0.3, -0.25) is 18.7 Å². The van der Waals surface area contributed by atoms with Crippen molar-refractivity contribution >= 4 is 22.6 Å². The number of aromatic nitrogens is 3. The van der Waals surface area contributed by atoms with Gasteiger partial charge in [-0.2, -0.15) is 0 Å². The number of hydrogen-bond acceptors (Lipinski definition) is 5. The SMILES string of the molecule is COc1cccc(NC(=O)Cn2c(=O)n(C3CCCCC3)c(=O)c3cccnc32)c1. The predicted octanol–water partition coefficient (Wildman–Crippen LogP) is 2.71. The number of rotatable bonds is 5. The van der Waals surface area contributed by atoms with Crippen molar-refractivity contribution in [2.45, 2.75) is 44.7 Å². The second-order valence-electron chi connectivity index (χ2n) is 7.49. The summed E-state index contributed by atoms with van der Waals surface area (Å²) in [7, 11) is 1.55. The maximum atomic E-state index is 13.3. The van der Waals surface area contributed by atoms with Gasteiger partial charge in [-0.1, -0.05) is 25.3 Å². The molecule has 1 N–H and O–H groups in total. The number of ether oxygens (including phenoxy) is 1. The molecule has 1 aliphatic rings. The highest BCUT2D eigenvalue weighted by molar-refractivity contribution is 5.91. The number of pyridine rings is 1. The van der Waals surface area contributed by atoms with Gasteiger partial charge in [0.1, 0.15) is 17.9 Å². The van der Waals surface area contributed by atoms with Gasteiger partial charge in [-0.25, -0.2) is 9.78 Å². The number of nitrogens with zero attached hydrogens (tertiary/aromatic N) is 3. The van der Waals surface area contributed by atoms with Crippen molar-refractivity contribution in [3.8, 4) is 5.75 Å². The monoisotopic (exact) mass is 408 g/mol. The van der Waals surface area contributed by atoms with Gasteiger partial charge in [0.25, 0.3) is 5.56 Å². The summed E-state index contributed by atoms with van der Waals surface area (Å²) < 4.78 is 7.79. The summed E-state index contributed by atoms with van der Waals surface area (Å²) in [6.45, 7) is -0.240. The van der Waals surface area contributed by atoms with Crippen LogP contribution in [0.2, 0.25) is 0 Å². The Kier molecular flexibility index (Phi) is 5.65. The van der Waals surface area contributed by atoms with Gasteiger partial charge in [-0.05, 0) is 37.1 Å². The molecule has 3 aromatic rings. The largest absolute Gasteiger partial charge is 0.497 e. The third-order valence-electron chi connectivity index (χ3n) is 5.52. The average molecular weight is 408 g/mol. The van der Waals surface area contributed by atoms with Crippen molar-refractivity contribution in [1.29, 1.82) is 0 Å². The highest BCUT2D eigenvalue weighted by atomic mass is 16.5. The summed E-state index contributed by atoms with van der Waals surface area (Å²) >= 11 is 0. The molecule has 2 aromatic heterocycles. The molecule has 2 heterocycles. The molecule has 1 aliphatic carbocycles. The van der Waals surface area contributed by atoms with Gasteiger partial charge < -0.3 is 10.1 Å². The molecule has 8 heteroatoms. The van der Waals surface area contributed by atoms with Crippen molar-refractivity contribution < 1.29 is 9.53 Å². The molecular formula is C22H24N4O4. The van der Waals surface area contributed by atoms with Crippen LogP contribution in [0.15, 0.2) is 52.2 Å². The third kappa shape index (κ3) is 3.85. The van der Waals surface area contributed by atoms with Crippen LogP contribution in [0.25, 0.3) is 11.0 Å². The first-order valence-electron chi connectivity index (χ1n) is 10.1. The van der Waals surface area contributed by atoms with E-state index in [-0.39, 0.29) is 29.7 Å². The molecule has 0 saturated heterocycles. The minimum absolute atomic E-state index is 0.143. The third-order valence-corrected chi connectivity index (χ3v) is 5.52. The Hall–Kier alpha value is -3.42. The van der Waals surface area contributed by atoms with Crippen LogP contribution in [0.5, 0.6) is 5.75 Å². The van der Waals surface area contributed by atoms with Crippen molar-refractivity contribution in [3.05, 3.63) is 63.4 Å². The number of nitrogens with one attached hydrogen (secondary N) is 1. The van der Waals surface area contributed by atoms with Crippen LogP contribution in [0, 0.1) is 0 Å². The van der Waals surface area contributed by atoms with Crippen LogP contribution in [0.3, 0.4) is 0 Å². The maximum Gasteiger partial charge on any atom is 0.333 e. The Morgan fingerprint density at radius 1 is 1.17 bits per heavy atom. The van der Waals surface area contributed by atoms with Crippen molar-refractivity contribution in [2.24, 2.45) is 0 Å². The smallest absolute Gasteiger partial charge is 0.333 e. The zero-order chi connectivity index (χ0) is 21.1. The van der Waals surface area contributed by atoms with E-state index >= 15 is 0 Å². The van der Waals surface area contributed by atoms with Crippen LogP contribution in [-0.4, -0.2) is 27.1 Å². The van der Waals surface area contributed by atoms with Crippen molar-refractivity contribution in [1.82, 2.24) is 14.1 Å². The number of amides is 1. The Morgan fingerprint density at radius 2 is 1.97 bits per heavy atom. The Labute approximate surface area is 173 Å². The van der Waals surface area contributed by atoms with E-state index < -0.39 is 5.69 Å². The zero-order valence-electron chi connectivity index (χ0n) is 16.8. The number of carbonyl (C=O) groups excluding carboxylic acids is 1. The van der Waals surface area contributed by atoms with E-state index in [9.17, 15) is 14.4 Å². The molecule has 30 heavy (non-hydrogen) atoms. The van der Waals surface area contributed by atoms with E-state index in [1.165, 1.54) is 15.3 Å². The quantitative estimate of drug-likeness (QED) is 0.700. The summed E-state index contributed by atoms with van der Waals surface area (Å²) in [6.07, 6.45) is 6.17. The molecule has 1 fully saturated rings. The second-order valence-corrected chi connectivity index (χ2v) is 7.49. The zero-order valence-corrected chi connectivity index (χ0v) is 16.8. The van der Waals surface area contributed by atoms with Crippen LogP contribution >= 0.6 is 0 Å². The topological polar surface area (TPSA) is 95.2 Å². The molecule has 0 unspecified atom stereocenters. The molecule has 1 amide bonds. The first-order valence-corrected chi connectivity index (χ1v) is 10.1. The fraction of sp³-hybridized carbons (Fsp3) is 0.364. The maximum absolute atomic E-state index is 13.3. The summed E-state index contributed by atoms with van der Waals surface area (Å²) in [6, 6.07) is 10.2. The van der Waals surface area contributed by atoms with Crippen molar-refractivity contribution in [3.63, 3.8) is 0 Å². The molecule has 0 spiro atoms. The average Bonchev–Trinajstić information content (AvgIpc) is 2.77. The van der Waals surface area contributed by atoms with Crippen LogP contribution in [0.4, 0.5) is 5.69 Å². The molecule has 0 radical (unpaired) electrons. The highest BCUT2D eigenvalue weighted by Gasteiger charge is 2.23. The molecule has 0 atom stereocenters. The van der Waals surface area contributed by atoms with Gasteiger partial charge >= 0.3 is 5.69 Å². The standard InChI is InChI=1S/C22H24N4O4/c1-30-17-10-5-7-15(13-17)24-19(27)14-25-20-18(11-6-12-23-20)21(28)26(22(25)29)16-8-3-2-4-9-16/h5-7,10-13,16H,2-4,8-9,14H2,1H3,(H,24,27). The molecule has 4 rings (SSSR count). The lowest BCUT2D eigenvalue weighted by Crippen LogP contribution is -2.44. The number of fused-ring (bicyclic) bond motifs is 1. The summed E-state index contributed by atoms with van der Waals surface area (Å²) in [5, 5.41) is 3.12. The van der Waals surface area contributed by atoms with Gasteiger partial charge in [-0.15, -0.1) is 0 Å². The molecule has 0 aliphatic heterocycles. The summed E-state index contributed by atoms with van der Waals surface area (Å²) in [4.78, 5) is 43.3. The first-order chi connectivity index (χ1) is 14.6. The van der Waals surface area contributed by atoms with Gasteiger partial charge in [0.2, 0.25) is 5.91 Å². The number of methoxy groups -OCH3 is 1. The second kappa shape index (κ2) is 8.52.